The van der Waals surface area contributed by atoms with Crippen molar-refractivity contribution in [1.29, 1.82) is 0 Å². The van der Waals surface area contributed by atoms with Crippen LogP contribution in [0.3, 0.4) is 0 Å². The molecule has 1 aromatic rings. The van der Waals surface area contributed by atoms with Gasteiger partial charge in [-0.05, 0) is 30.4 Å². The maximum absolute atomic E-state index is 12.8. The molecule has 1 aromatic carbocycles. The molecule has 27 heavy (non-hydrogen) atoms. The summed E-state index contributed by atoms with van der Waals surface area (Å²) < 4.78 is 28.6. The van der Waals surface area contributed by atoms with Crippen molar-refractivity contribution < 1.29 is 22.7 Å². The number of sulfone groups is 1. The maximum Gasteiger partial charge on any atom is 0.313 e. The van der Waals surface area contributed by atoms with Crippen molar-refractivity contribution in [2.75, 3.05) is 37.1 Å². The molecule has 0 bridgehead atoms. The van der Waals surface area contributed by atoms with E-state index in [9.17, 15) is 18.0 Å². The van der Waals surface area contributed by atoms with E-state index in [1.165, 1.54) is 12.0 Å². The molecule has 150 valence electrons. The van der Waals surface area contributed by atoms with E-state index in [1.54, 1.807) is 0 Å². The first-order chi connectivity index (χ1) is 12.8. The number of methoxy groups -OCH3 is 1. The largest absolute Gasteiger partial charge is 0.383 e. The van der Waals surface area contributed by atoms with E-state index >= 15 is 0 Å². The van der Waals surface area contributed by atoms with Gasteiger partial charge >= 0.3 is 11.8 Å². The number of aryl methyl sites for hydroxylation is 2. The molecule has 1 aliphatic rings. The van der Waals surface area contributed by atoms with Crippen molar-refractivity contribution >= 4 is 27.3 Å². The molecular weight excluding hydrogens is 368 g/mol. The number of para-hydroxylation sites is 1. The Labute approximate surface area is 161 Å². The highest BCUT2D eigenvalue weighted by Gasteiger charge is 2.36. The van der Waals surface area contributed by atoms with Crippen LogP contribution in [0.4, 0.5) is 5.69 Å². The normalized spacial score (nSPS) is 18.3. The molecule has 0 aromatic heterocycles. The van der Waals surface area contributed by atoms with Gasteiger partial charge in [-0.15, -0.1) is 0 Å². The fourth-order valence-electron chi connectivity index (χ4n) is 3.36. The smallest absolute Gasteiger partial charge is 0.313 e. The van der Waals surface area contributed by atoms with E-state index < -0.39 is 27.7 Å². The number of carbonyl (C=O) groups is 2. The first-order valence-corrected chi connectivity index (χ1v) is 11.1. The van der Waals surface area contributed by atoms with Crippen LogP contribution < -0.4 is 5.32 Å². The number of nitrogens with zero attached hydrogens (tertiary/aromatic N) is 1. The van der Waals surface area contributed by atoms with Crippen LogP contribution in [0.25, 0.3) is 0 Å². The molecule has 1 saturated heterocycles. The Morgan fingerprint density at radius 3 is 2.33 bits per heavy atom. The predicted octanol–water partition coefficient (Wildman–Crippen LogP) is 1.41. The lowest BCUT2D eigenvalue weighted by Gasteiger charge is -2.27. The summed E-state index contributed by atoms with van der Waals surface area (Å²) in [5, 5.41) is 2.76. The van der Waals surface area contributed by atoms with Crippen LogP contribution in [0.1, 0.15) is 31.4 Å². The van der Waals surface area contributed by atoms with Crippen LogP contribution in [0.2, 0.25) is 0 Å². The monoisotopic (exact) mass is 396 g/mol. The van der Waals surface area contributed by atoms with Gasteiger partial charge in [0, 0.05) is 25.4 Å². The van der Waals surface area contributed by atoms with Crippen molar-refractivity contribution in [2.24, 2.45) is 0 Å². The molecule has 7 nitrogen and oxygen atoms in total. The predicted molar refractivity (Wildman–Crippen MR) is 104 cm³/mol. The molecule has 0 spiro atoms. The van der Waals surface area contributed by atoms with Crippen LogP contribution in [0.15, 0.2) is 18.2 Å². The van der Waals surface area contributed by atoms with Crippen LogP contribution in [-0.2, 0) is 37.0 Å². The summed E-state index contributed by atoms with van der Waals surface area (Å²) in [6, 6.07) is 5.29. The lowest BCUT2D eigenvalue weighted by molar-refractivity contribution is -0.145. The summed E-state index contributed by atoms with van der Waals surface area (Å²) in [4.78, 5) is 26.8. The number of nitrogens with one attached hydrogen (secondary N) is 1. The summed E-state index contributed by atoms with van der Waals surface area (Å²) in [5.41, 5.74) is 2.59. The molecular formula is C19H28N2O5S. The number of rotatable bonds is 7. The van der Waals surface area contributed by atoms with E-state index in [0.717, 1.165) is 24.0 Å². The number of amides is 2. The lowest BCUT2D eigenvalue weighted by Crippen LogP contribution is -2.48. The number of anilines is 1. The van der Waals surface area contributed by atoms with Gasteiger partial charge in [-0.2, -0.15) is 0 Å². The fourth-order valence-corrected chi connectivity index (χ4v) is 5.09. The number of ether oxygens (including phenoxy) is 1. The van der Waals surface area contributed by atoms with Crippen molar-refractivity contribution in [3.63, 3.8) is 0 Å². The summed E-state index contributed by atoms with van der Waals surface area (Å²) in [6.07, 6.45) is 1.80. The van der Waals surface area contributed by atoms with Gasteiger partial charge < -0.3 is 15.0 Å². The van der Waals surface area contributed by atoms with E-state index in [-0.39, 0.29) is 24.7 Å². The molecule has 0 radical (unpaired) electrons. The van der Waals surface area contributed by atoms with E-state index in [4.69, 9.17) is 4.74 Å². The van der Waals surface area contributed by atoms with Crippen LogP contribution in [0.5, 0.6) is 0 Å². The van der Waals surface area contributed by atoms with Crippen molar-refractivity contribution in [3.8, 4) is 0 Å². The van der Waals surface area contributed by atoms with Gasteiger partial charge in [0.1, 0.15) is 0 Å². The highest BCUT2D eigenvalue weighted by molar-refractivity contribution is 7.91. The number of benzene rings is 1. The van der Waals surface area contributed by atoms with Crippen molar-refractivity contribution in [2.45, 2.75) is 39.2 Å². The zero-order chi connectivity index (χ0) is 20.0. The minimum atomic E-state index is -3.17. The third kappa shape index (κ3) is 5.29. The molecule has 0 aliphatic carbocycles. The first kappa shape index (κ1) is 21.4. The second-order valence-corrected chi connectivity index (χ2v) is 8.89. The van der Waals surface area contributed by atoms with Gasteiger partial charge in [0.15, 0.2) is 9.84 Å². The highest BCUT2D eigenvalue weighted by atomic mass is 32.2. The van der Waals surface area contributed by atoms with Crippen molar-refractivity contribution in [1.82, 2.24) is 4.90 Å². The van der Waals surface area contributed by atoms with Crippen LogP contribution in [-0.4, -0.2) is 62.9 Å². The molecule has 0 saturated carbocycles. The first-order valence-electron chi connectivity index (χ1n) is 9.25. The lowest BCUT2D eigenvalue weighted by atomic mass is 10.0. The zero-order valence-electron chi connectivity index (χ0n) is 16.2. The molecule has 1 N–H and O–H groups in total. The van der Waals surface area contributed by atoms with Gasteiger partial charge in [-0.3, -0.25) is 9.59 Å². The second kappa shape index (κ2) is 9.32. The third-order valence-corrected chi connectivity index (χ3v) is 6.63. The molecule has 8 heteroatoms. The van der Waals surface area contributed by atoms with E-state index in [1.807, 2.05) is 32.0 Å². The summed E-state index contributed by atoms with van der Waals surface area (Å²) in [6.45, 7) is 4.39. The topological polar surface area (TPSA) is 92.8 Å². The number of carbonyl (C=O) groups excluding carboxylic acids is 2. The summed E-state index contributed by atoms with van der Waals surface area (Å²) >= 11 is 0. The van der Waals surface area contributed by atoms with Crippen LogP contribution in [0, 0.1) is 0 Å². The zero-order valence-corrected chi connectivity index (χ0v) is 17.0. The Morgan fingerprint density at radius 1 is 1.22 bits per heavy atom. The summed E-state index contributed by atoms with van der Waals surface area (Å²) in [7, 11) is -1.67. The Balaban J connectivity index is 2.21. The Kier molecular flexibility index (Phi) is 7.38. The van der Waals surface area contributed by atoms with Gasteiger partial charge in [0.05, 0.1) is 18.1 Å². The standard InChI is InChI=1S/C19H28N2O5S/c1-4-14-7-6-8-15(5-2)17(14)20-18(22)19(23)21(10-11-26-3)16-9-12-27(24,25)13-16/h6-8,16H,4-5,9-13H2,1-3H3,(H,20,22). The molecule has 1 aliphatic heterocycles. The van der Waals surface area contributed by atoms with E-state index in [0.29, 0.717) is 12.1 Å². The second-order valence-electron chi connectivity index (χ2n) is 6.66. The molecule has 1 fully saturated rings. The van der Waals surface area contributed by atoms with Gasteiger partial charge in [0.25, 0.3) is 0 Å². The number of hydrogen-bond acceptors (Lipinski definition) is 5. The molecule has 2 rings (SSSR count). The van der Waals surface area contributed by atoms with E-state index in [2.05, 4.69) is 5.32 Å². The summed E-state index contributed by atoms with van der Waals surface area (Å²) in [5.74, 6) is -1.54. The SMILES string of the molecule is CCc1cccc(CC)c1NC(=O)C(=O)N(CCOC)C1CCS(=O)(=O)C1. The minimum absolute atomic E-state index is 0.0364. The average Bonchev–Trinajstić information content (AvgIpc) is 3.01. The van der Waals surface area contributed by atoms with Gasteiger partial charge in [-0.25, -0.2) is 8.42 Å². The molecule has 1 atom stereocenters. The third-order valence-electron chi connectivity index (χ3n) is 4.88. The van der Waals surface area contributed by atoms with Crippen molar-refractivity contribution in [3.05, 3.63) is 29.3 Å². The maximum atomic E-state index is 12.8. The van der Waals surface area contributed by atoms with Crippen LogP contribution >= 0.6 is 0 Å². The molecule has 1 unspecified atom stereocenters. The van der Waals surface area contributed by atoms with Gasteiger partial charge in [-0.1, -0.05) is 32.0 Å². The minimum Gasteiger partial charge on any atom is -0.383 e. The number of hydrogen-bond donors (Lipinski definition) is 1. The molecule has 1 heterocycles. The molecule has 2 amide bonds. The Morgan fingerprint density at radius 2 is 1.85 bits per heavy atom. The Hall–Kier alpha value is -1.93. The quantitative estimate of drug-likeness (QED) is 0.704. The fraction of sp³-hybridized carbons (Fsp3) is 0.579. The van der Waals surface area contributed by atoms with Gasteiger partial charge in [0.2, 0.25) is 0 Å². The average molecular weight is 397 g/mol. The Bertz CT molecular complexity index is 769. The highest BCUT2D eigenvalue weighted by Crippen LogP contribution is 2.23.